The largest absolute Gasteiger partial charge is 0.385 e. The summed E-state index contributed by atoms with van der Waals surface area (Å²) in [4.78, 5) is 17.9. The van der Waals surface area contributed by atoms with Crippen molar-refractivity contribution in [2.75, 3.05) is 56.2 Å². The van der Waals surface area contributed by atoms with Crippen LogP contribution in [0.3, 0.4) is 0 Å². The molecule has 7 nitrogen and oxygen atoms in total. The summed E-state index contributed by atoms with van der Waals surface area (Å²) in [7, 11) is 1.99. The number of hydrogen-bond donors (Lipinski definition) is 2. The number of fused-ring (bicyclic) bond motifs is 1. The van der Waals surface area contributed by atoms with Crippen molar-refractivity contribution in [3.05, 3.63) is 34.8 Å². The first-order chi connectivity index (χ1) is 14.8. The summed E-state index contributed by atoms with van der Waals surface area (Å²) in [5.74, 6) is 0.0874. The first-order valence-electron chi connectivity index (χ1n) is 11.0. The third-order valence-corrected chi connectivity index (χ3v) is 6.56. The van der Waals surface area contributed by atoms with E-state index in [2.05, 4.69) is 10.2 Å². The van der Waals surface area contributed by atoms with Gasteiger partial charge in [-0.2, -0.15) is 0 Å². The van der Waals surface area contributed by atoms with Gasteiger partial charge in [0.05, 0.1) is 17.9 Å². The van der Waals surface area contributed by atoms with Crippen LogP contribution in [0.2, 0.25) is 0 Å². The molecule has 8 heteroatoms. The number of carbonyl (C=O) groups excluding carboxylic acids is 1. The van der Waals surface area contributed by atoms with Crippen LogP contribution in [-0.2, 0) is 9.53 Å². The van der Waals surface area contributed by atoms with E-state index in [4.69, 9.17) is 10.1 Å². The van der Waals surface area contributed by atoms with Gasteiger partial charge in [0.1, 0.15) is 11.7 Å². The second-order valence-electron chi connectivity index (χ2n) is 8.69. The number of aryl methyl sites for hydroxylation is 1. The van der Waals surface area contributed by atoms with Crippen LogP contribution in [0.25, 0.3) is 0 Å². The Balaban J connectivity index is 1.68. The van der Waals surface area contributed by atoms with Crippen LogP contribution < -0.4 is 15.1 Å². The Morgan fingerprint density at radius 2 is 1.94 bits per heavy atom. The van der Waals surface area contributed by atoms with Crippen LogP contribution >= 0.6 is 0 Å². The van der Waals surface area contributed by atoms with Crippen molar-refractivity contribution in [1.29, 1.82) is 5.41 Å². The van der Waals surface area contributed by atoms with Gasteiger partial charge < -0.3 is 24.8 Å². The van der Waals surface area contributed by atoms with Gasteiger partial charge in [-0.1, -0.05) is 0 Å². The zero-order chi connectivity index (χ0) is 22.1. The van der Waals surface area contributed by atoms with Crippen molar-refractivity contribution in [2.24, 2.45) is 0 Å². The molecule has 0 saturated carbocycles. The fraction of sp³-hybridized carbons (Fsp3) is 0.565. The van der Waals surface area contributed by atoms with Crippen LogP contribution in [0.4, 0.5) is 15.8 Å². The number of nitrogens with one attached hydrogen (secondary N) is 2. The number of hydrogen-bond acceptors (Lipinski definition) is 5. The monoisotopic (exact) mass is 429 g/mol. The van der Waals surface area contributed by atoms with Gasteiger partial charge >= 0.3 is 0 Å². The second kappa shape index (κ2) is 8.86. The number of ether oxygens (including phenoxy) is 1. The quantitative estimate of drug-likeness (QED) is 0.571. The summed E-state index contributed by atoms with van der Waals surface area (Å²) in [6.45, 7) is 7.19. The van der Waals surface area contributed by atoms with Crippen LogP contribution in [-0.4, -0.2) is 69.1 Å². The van der Waals surface area contributed by atoms with E-state index in [1.807, 2.05) is 18.0 Å². The van der Waals surface area contributed by atoms with Gasteiger partial charge in [-0.25, -0.2) is 4.39 Å². The lowest BCUT2D eigenvalue weighted by Crippen LogP contribution is -2.48. The topological polar surface area (TPSA) is 71.9 Å². The SMILES string of the molecule is CC(=O)N1CCC(NC2CCOCC2)=C(C(=N)N2CCN(C)c3cc(C)c(F)cc32)C1. The Kier molecular flexibility index (Phi) is 6.18. The molecule has 1 aromatic rings. The summed E-state index contributed by atoms with van der Waals surface area (Å²) in [6.07, 6.45) is 2.56. The smallest absolute Gasteiger partial charge is 0.219 e. The lowest BCUT2D eigenvalue weighted by molar-refractivity contribution is -0.128. The molecule has 0 unspecified atom stereocenters. The van der Waals surface area contributed by atoms with Crippen molar-refractivity contribution >= 4 is 23.1 Å². The highest BCUT2D eigenvalue weighted by atomic mass is 19.1. The summed E-state index contributed by atoms with van der Waals surface area (Å²) in [6, 6.07) is 3.70. The summed E-state index contributed by atoms with van der Waals surface area (Å²) in [5.41, 5.74) is 4.08. The Bertz CT molecular complexity index is 909. The second-order valence-corrected chi connectivity index (χ2v) is 8.69. The predicted molar refractivity (Wildman–Crippen MR) is 120 cm³/mol. The maximum absolute atomic E-state index is 14.5. The molecule has 31 heavy (non-hydrogen) atoms. The van der Waals surface area contributed by atoms with Gasteiger partial charge in [0.15, 0.2) is 0 Å². The number of benzene rings is 1. The molecule has 4 rings (SSSR count). The van der Waals surface area contributed by atoms with Crippen LogP contribution in [0.15, 0.2) is 23.4 Å². The highest BCUT2D eigenvalue weighted by molar-refractivity contribution is 6.10. The molecule has 0 radical (unpaired) electrons. The first kappa shape index (κ1) is 21.6. The van der Waals surface area contributed by atoms with E-state index < -0.39 is 0 Å². The van der Waals surface area contributed by atoms with E-state index in [0.717, 1.165) is 49.6 Å². The number of likely N-dealkylation sites (N-methyl/N-ethyl adjacent to an activating group) is 1. The van der Waals surface area contributed by atoms with Gasteiger partial charge in [0, 0.05) is 70.6 Å². The van der Waals surface area contributed by atoms with Gasteiger partial charge in [-0.3, -0.25) is 10.2 Å². The molecule has 2 N–H and O–H groups in total. The first-order valence-corrected chi connectivity index (χ1v) is 11.0. The number of carbonyl (C=O) groups is 1. The van der Waals surface area contributed by atoms with Gasteiger partial charge in [0.2, 0.25) is 5.91 Å². The zero-order valence-electron chi connectivity index (χ0n) is 18.6. The maximum atomic E-state index is 14.5. The van der Waals surface area contributed by atoms with Gasteiger partial charge in [0.25, 0.3) is 0 Å². The molecule has 1 saturated heterocycles. The fourth-order valence-corrected chi connectivity index (χ4v) is 4.56. The predicted octanol–water partition coefficient (Wildman–Crippen LogP) is 2.64. The molecule has 1 amide bonds. The standard InChI is InChI=1S/C23H32FN5O2/c1-15-12-21-22(13-19(15)24)29(9-8-27(21)3)23(25)18-14-28(16(2)30)7-4-20(18)26-17-5-10-31-11-6-17/h12-13,17,25-26H,4-11,14H2,1-3H3. The Hall–Kier alpha value is -2.61. The molecular weight excluding hydrogens is 397 g/mol. The molecule has 0 spiro atoms. The fourth-order valence-electron chi connectivity index (χ4n) is 4.56. The number of amides is 1. The lowest BCUT2D eigenvalue weighted by Gasteiger charge is -2.40. The summed E-state index contributed by atoms with van der Waals surface area (Å²) >= 11 is 0. The Labute approximate surface area is 183 Å². The minimum atomic E-state index is -0.268. The number of halogens is 1. The minimum Gasteiger partial charge on any atom is -0.385 e. The van der Waals surface area contributed by atoms with Gasteiger partial charge in [-0.05, 0) is 37.5 Å². The molecular formula is C23H32FN5O2. The van der Waals surface area contributed by atoms with Crippen molar-refractivity contribution in [3.8, 4) is 0 Å². The summed E-state index contributed by atoms with van der Waals surface area (Å²) in [5, 5.41) is 12.8. The highest BCUT2D eigenvalue weighted by Crippen LogP contribution is 2.36. The Morgan fingerprint density at radius 3 is 2.65 bits per heavy atom. The van der Waals surface area contributed by atoms with Crippen LogP contribution in [0, 0.1) is 18.2 Å². The van der Waals surface area contributed by atoms with Crippen molar-refractivity contribution < 1.29 is 13.9 Å². The maximum Gasteiger partial charge on any atom is 0.219 e. The number of anilines is 2. The van der Waals surface area contributed by atoms with E-state index in [-0.39, 0.29) is 11.7 Å². The molecule has 3 heterocycles. The molecule has 3 aliphatic rings. The molecule has 0 aliphatic carbocycles. The van der Waals surface area contributed by atoms with Crippen molar-refractivity contribution in [1.82, 2.24) is 10.2 Å². The molecule has 0 atom stereocenters. The molecule has 3 aliphatic heterocycles. The molecule has 168 valence electrons. The van der Waals surface area contributed by atoms with Gasteiger partial charge in [-0.15, -0.1) is 0 Å². The van der Waals surface area contributed by atoms with Crippen LogP contribution in [0.5, 0.6) is 0 Å². The van der Waals surface area contributed by atoms with E-state index in [1.54, 1.807) is 18.7 Å². The number of rotatable bonds is 3. The van der Waals surface area contributed by atoms with E-state index in [1.165, 1.54) is 6.07 Å². The highest BCUT2D eigenvalue weighted by Gasteiger charge is 2.31. The van der Waals surface area contributed by atoms with E-state index in [0.29, 0.717) is 49.2 Å². The van der Waals surface area contributed by atoms with Crippen molar-refractivity contribution in [3.63, 3.8) is 0 Å². The third-order valence-electron chi connectivity index (χ3n) is 6.56. The molecule has 0 bridgehead atoms. The Morgan fingerprint density at radius 1 is 1.19 bits per heavy atom. The van der Waals surface area contributed by atoms with E-state index >= 15 is 0 Å². The third kappa shape index (κ3) is 4.39. The van der Waals surface area contributed by atoms with Crippen LogP contribution in [0.1, 0.15) is 31.7 Å². The number of amidine groups is 1. The molecule has 1 aromatic carbocycles. The average molecular weight is 430 g/mol. The lowest BCUT2D eigenvalue weighted by atomic mass is 10.00. The molecule has 1 fully saturated rings. The average Bonchev–Trinajstić information content (AvgIpc) is 2.76. The minimum absolute atomic E-state index is 0.0101. The molecule has 0 aromatic heterocycles. The zero-order valence-corrected chi connectivity index (χ0v) is 18.6. The summed E-state index contributed by atoms with van der Waals surface area (Å²) < 4.78 is 19.9. The normalized spacial score (nSPS) is 20.1. The van der Waals surface area contributed by atoms with Crippen molar-refractivity contribution in [2.45, 2.75) is 39.2 Å². The van der Waals surface area contributed by atoms with E-state index in [9.17, 15) is 9.18 Å². The number of nitrogens with zero attached hydrogens (tertiary/aromatic N) is 3.